The number of rotatable bonds is 7. The van der Waals surface area contributed by atoms with Gasteiger partial charge >= 0.3 is 5.97 Å². The fraction of sp³-hybridized carbons (Fsp3) is 0.348. The van der Waals surface area contributed by atoms with E-state index in [0.29, 0.717) is 29.3 Å². The van der Waals surface area contributed by atoms with Crippen LogP contribution < -0.4 is 10.9 Å². The lowest BCUT2D eigenvalue weighted by atomic mass is 9.92. The Morgan fingerprint density at radius 1 is 1.16 bits per heavy atom. The van der Waals surface area contributed by atoms with Gasteiger partial charge in [-0.1, -0.05) is 38.1 Å². The summed E-state index contributed by atoms with van der Waals surface area (Å²) in [7, 11) is 0. The SMILES string of the molecule is CCOC(=O)Cn1cccc(NC(=O)c2ccc(-c3noc(CC(C)(C)C)n3)cc2)c1=O. The second-order valence-corrected chi connectivity index (χ2v) is 8.44. The number of aromatic nitrogens is 3. The number of esters is 1. The highest BCUT2D eigenvalue weighted by Crippen LogP contribution is 2.22. The van der Waals surface area contributed by atoms with Crippen LogP contribution in [0.4, 0.5) is 5.69 Å². The van der Waals surface area contributed by atoms with Gasteiger partial charge in [-0.05, 0) is 36.6 Å². The molecule has 0 aliphatic rings. The van der Waals surface area contributed by atoms with Crippen LogP contribution >= 0.6 is 0 Å². The first-order valence-corrected chi connectivity index (χ1v) is 10.3. The summed E-state index contributed by atoms with van der Waals surface area (Å²) in [6.45, 7) is 7.94. The number of pyridine rings is 1. The van der Waals surface area contributed by atoms with Gasteiger partial charge in [-0.2, -0.15) is 4.98 Å². The molecule has 0 bridgehead atoms. The van der Waals surface area contributed by atoms with Gasteiger partial charge in [-0.25, -0.2) is 0 Å². The Hall–Kier alpha value is -3.75. The molecular formula is C23H26N4O5. The van der Waals surface area contributed by atoms with Crippen LogP contribution in [-0.4, -0.2) is 33.2 Å². The quantitative estimate of drug-likeness (QED) is 0.563. The summed E-state index contributed by atoms with van der Waals surface area (Å²) in [5.74, 6) is 0.0171. The summed E-state index contributed by atoms with van der Waals surface area (Å²) < 4.78 is 11.4. The zero-order chi connectivity index (χ0) is 23.3. The number of ether oxygens (including phenoxy) is 1. The van der Waals surface area contributed by atoms with Crippen LogP contribution in [-0.2, 0) is 22.5 Å². The summed E-state index contributed by atoms with van der Waals surface area (Å²) in [6, 6.07) is 9.71. The van der Waals surface area contributed by atoms with Gasteiger partial charge in [0.2, 0.25) is 11.7 Å². The van der Waals surface area contributed by atoms with E-state index in [2.05, 4.69) is 36.2 Å². The molecule has 32 heavy (non-hydrogen) atoms. The van der Waals surface area contributed by atoms with E-state index in [0.717, 1.165) is 0 Å². The average Bonchev–Trinajstić information content (AvgIpc) is 3.18. The number of benzene rings is 1. The summed E-state index contributed by atoms with van der Waals surface area (Å²) >= 11 is 0. The maximum Gasteiger partial charge on any atom is 0.326 e. The first-order valence-electron chi connectivity index (χ1n) is 10.3. The molecular weight excluding hydrogens is 412 g/mol. The van der Waals surface area contributed by atoms with E-state index in [1.54, 1.807) is 37.3 Å². The van der Waals surface area contributed by atoms with Crippen molar-refractivity contribution in [1.29, 1.82) is 0 Å². The van der Waals surface area contributed by atoms with Crippen LogP contribution in [0, 0.1) is 5.41 Å². The number of anilines is 1. The molecule has 0 aliphatic carbocycles. The van der Waals surface area contributed by atoms with Crippen molar-refractivity contribution in [1.82, 2.24) is 14.7 Å². The van der Waals surface area contributed by atoms with E-state index in [-0.39, 0.29) is 24.3 Å². The fourth-order valence-corrected chi connectivity index (χ4v) is 2.96. The van der Waals surface area contributed by atoms with Gasteiger partial charge < -0.3 is 19.1 Å². The standard InChI is InChI=1S/C23H26N4O5/c1-5-31-19(28)14-27-12-6-7-17(22(27)30)24-21(29)16-10-8-15(9-11-16)20-25-18(32-26-20)13-23(2,3)4/h6-12H,5,13-14H2,1-4H3,(H,24,29). The Kier molecular flexibility index (Phi) is 6.87. The van der Waals surface area contributed by atoms with Crippen LogP contribution in [0.5, 0.6) is 0 Å². The van der Waals surface area contributed by atoms with Crippen molar-refractivity contribution < 1.29 is 18.8 Å². The minimum Gasteiger partial charge on any atom is -0.465 e. The van der Waals surface area contributed by atoms with Crippen molar-refractivity contribution >= 4 is 17.6 Å². The Labute approximate surface area is 185 Å². The fourth-order valence-electron chi connectivity index (χ4n) is 2.96. The third-order valence-corrected chi connectivity index (χ3v) is 4.43. The van der Waals surface area contributed by atoms with Gasteiger partial charge in [0.05, 0.1) is 6.61 Å². The molecule has 0 saturated carbocycles. The third-order valence-electron chi connectivity index (χ3n) is 4.43. The average molecular weight is 438 g/mol. The van der Waals surface area contributed by atoms with Gasteiger partial charge in [0, 0.05) is 23.7 Å². The van der Waals surface area contributed by atoms with Crippen molar-refractivity contribution in [3.63, 3.8) is 0 Å². The van der Waals surface area contributed by atoms with Crippen LogP contribution in [0.25, 0.3) is 11.4 Å². The highest BCUT2D eigenvalue weighted by atomic mass is 16.5. The number of hydrogen-bond acceptors (Lipinski definition) is 7. The zero-order valence-corrected chi connectivity index (χ0v) is 18.5. The summed E-state index contributed by atoms with van der Waals surface area (Å²) in [5.41, 5.74) is 0.659. The lowest BCUT2D eigenvalue weighted by Crippen LogP contribution is -2.28. The minimum absolute atomic E-state index is 0.0259. The van der Waals surface area contributed by atoms with E-state index in [1.165, 1.54) is 16.8 Å². The second kappa shape index (κ2) is 9.59. The molecule has 0 spiro atoms. The topological polar surface area (TPSA) is 116 Å². The van der Waals surface area contributed by atoms with Crippen LogP contribution in [0.1, 0.15) is 43.9 Å². The Morgan fingerprint density at radius 3 is 2.53 bits per heavy atom. The van der Waals surface area contributed by atoms with Gasteiger partial charge in [0.25, 0.3) is 11.5 Å². The molecule has 0 atom stereocenters. The number of hydrogen-bond donors (Lipinski definition) is 1. The predicted molar refractivity (Wildman–Crippen MR) is 118 cm³/mol. The summed E-state index contributed by atoms with van der Waals surface area (Å²) in [5, 5.41) is 6.59. The molecule has 3 aromatic rings. The van der Waals surface area contributed by atoms with Crippen LogP contribution in [0.2, 0.25) is 0 Å². The van der Waals surface area contributed by atoms with Crippen LogP contribution in [0.3, 0.4) is 0 Å². The molecule has 3 rings (SSSR count). The van der Waals surface area contributed by atoms with Gasteiger partial charge in [-0.3, -0.25) is 14.4 Å². The molecule has 9 heteroatoms. The molecule has 0 unspecified atom stereocenters. The van der Waals surface area contributed by atoms with E-state index in [9.17, 15) is 14.4 Å². The van der Waals surface area contributed by atoms with Crippen LogP contribution in [0.15, 0.2) is 51.9 Å². The molecule has 168 valence electrons. The normalized spacial score (nSPS) is 11.2. The smallest absolute Gasteiger partial charge is 0.326 e. The van der Waals surface area contributed by atoms with E-state index in [1.807, 2.05) is 0 Å². The lowest BCUT2D eigenvalue weighted by molar-refractivity contribution is -0.143. The molecule has 2 heterocycles. The van der Waals surface area contributed by atoms with Gasteiger partial charge in [0.1, 0.15) is 12.2 Å². The first kappa shape index (κ1) is 22.9. The molecule has 1 amide bonds. The second-order valence-electron chi connectivity index (χ2n) is 8.44. The molecule has 0 radical (unpaired) electrons. The molecule has 1 aromatic carbocycles. The van der Waals surface area contributed by atoms with Crippen molar-refractivity contribution in [3.05, 3.63) is 64.4 Å². The third kappa shape index (κ3) is 5.90. The highest BCUT2D eigenvalue weighted by molar-refractivity contribution is 6.04. The number of nitrogens with zero attached hydrogens (tertiary/aromatic N) is 3. The molecule has 0 saturated heterocycles. The van der Waals surface area contributed by atoms with E-state index in [4.69, 9.17) is 9.26 Å². The summed E-state index contributed by atoms with van der Waals surface area (Å²) in [4.78, 5) is 41.2. The molecule has 2 aromatic heterocycles. The van der Waals surface area contributed by atoms with Crippen molar-refractivity contribution in [2.24, 2.45) is 5.41 Å². The van der Waals surface area contributed by atoms with Crippen molar-refractivity contribution in [2.75, 3.05) is 11.9 Å². The Morgan fingerprint density at radius 2 is 1.88 bits per heavy atom. The van der Waals surface area contributed by atoms with Crippen molar-refractivity contribution in [2.45, 2.75) is 40.7 Å². The predicted octanol–water partition coefficient (Wildman–Crippen LogP) is 3.30. The van der Waals surface area contributed by atoms with Gasteiger partial charge in [0.15, 0.2) is 0 Å². The molecule has 0 fully saturated rings. The monoisotopic (exact) mass is 438 g/mol. The maximum absolute atomic E-state index is 12.6. The molecule has 1 N–H and O–H groups in total. The maximum atomic E-state index is 12.6. The zero-order valence-electron chi connectivity index (χ0n) is 18.5. The van der Waals surface area contributed by atoms with Gasteiger partial charge in [-0.15, -0.1) is 0 Å². The van der Waals surface area contributed by atoms with E-state index >= 15 is 0 Å². The van der Waals surface area contributed by atoms with E-state index < -0.39 is 17.4 Å². The minimum atomic E-state index is -0.527. The summed E-state index contributed by atoms with van der Waals surface area (Å²) in [6.07, 6.45) is 2.12. The van der Waals surface area contributed by atoms with Crippen molar-refractivity contribution in [3.8, 4) is 11.4 Å². The Balaban J connectivity index is 1.71. The first-order chi connectivity index (χ1) is 15.2. The molecule has 0 aliphatic heterocycles. The largest absolute Gasteiger partial charge is 0.465 e. The number of nitrogens with one attached hydrogen (secondary N) is 1. The number of carbonyl (C=O) groups excluding carboxylic acids is 2. The molecule has 9 nitrogen and oxygen atoms in total. The lowest BCUT2D eigenvalue weighted by Gasteiger charge is -2.13. The highest BCUT2D eigenvalue weighted by Gasteiger charge is 2.18. The number of amides is 1. The Bertz CT molecular complexity index is 1160. The number of carbonyl (C=O) groups is 2.